The van der Waals surface area contributed by atoms with Crippen LogP contribution in [-0.4, -0.2) is 0 Å². The minimum absolute atomic E-state index is 0.237. The zero-order valence-electron chi connectivity index (χ0n) is 9.71. The first-order valence-electron chi connectivity index (χ1n) is 5.49. The summed E-state index contributed by atoms with van der Waals surface area (Å²) in [5.74, 6) is 0. The van der Waals surface area contributed by atoms with Gasteiger partial charge in [0.25, 0.3) is 0 Å². The van der Waals surface area contributed by atoms with Crippen LogP contribution in [0.25, 0.3) is 0 Å². The van der Waals surface area contributed by atoms with E-state index in [9.17, 15) is 0 Å². The second-order valence-corrected chi connectivity index (χ2v) is 7.34. The van der Waals surface area contributed by atoms with Crippen LogP contribution in [-0.2, 0) is 6.54 Å². The molecule has 2 aromatic rings. The second-order valence-electron chi connectivity index (χ2n) is 3.98. The number of nitrogens with one attached hydrogen (secondary N) is 1. The molecule has 0 saturated carbocycles. The van der Waals surface area contributed by atoms with Crippen molar-refractivity contribution in [1.82, 2.24) is 5.32 Å². The first-order chi connectivity index (χ1) is 8.56. The van der Waals surface area contributed by atoms with Gasteiger partial charge in [-0.1, -0.05) is 29.3 Å². The van der Waals surface area contributed by atoms with Gasteiger partial charge in [0.1, 0.15) is 0 Å². The number of benzene rings is 1. The van der Waals surface area contributed by atoms with Gasteiger partial charge >= 0.3 is 0 Å². The van der Waals surface area contributed by atoms with E-state index in [1.807, 2.05) is 18.2 Å². The minimum Gasteiger partial charge on any atom is -0.305 e. The summed E-state index contributed by atoms with van der Waals surface area (Å²) in [7, 11) is 0. The van der Waals surface area contributed by atoms with E-state index in [0.717, 1.165) is 15.9 Å². The average molecular weight is 365 g/mol. The van der Waals surface area contributed by atoms with Crippen LogP contribution in [0.4, 0.5) is 0 Å². The summed E-state index contributed by atoms with van der Waals surface area (Å²) in [5, 5.41) is 4.65. The lowest BCUT2D eigenvalue weighted by Crippen LogP contribution is -2.17. The van der Waals surface area contributed by atoms with Crippen molar-refractivity contribution >= 4 is 50.5 Å². The van der Waals surface area contributed by atoms with Gasteiger partial charge in [-0.25, -0.2) is 0 Å². The number of hydrogen-bond donors (Lipinski definition) is 1. The van der Waals surface area contributed by atoms with Crippen molar-refractivity contribution in [3.8, 4) is 0 Å². The Morgan fingerprint density at radius 1 is 1.22 bits per heavy atom. The van der Waals surface area contributed by atoms with Crippen molar-refractivity contribution in [2.45, 2.75) is 19.5 Å². The topological polar surface area (TPSA) is 12.0 Å². The molecule has 1 N–H and O–H groups in total. The molecule has 0 aliphatic rings. The Bertz CT molecular complexity index is 542. The highest BCUT2D eigenvalue weighted by Crippen LogP contribution is 2.26. The fourth-order valence-corrected chi connectivity index (χ4v) is 3.34. The number of thiophene rings is 1. The van der Waals surface area contributed by atoms with E-state index in [0.29, 0.717) is 10.0 Å². The van der Waals surface area contributed by atoms with Crippen LogP contribution < -0.4 is 5.32 Å². The molecule has 0 amide bonds. The van der Waals surface area contributed by atoms with E-state index in [1.54, 1.807) is 11.3 Å². The summed E-state index contributed by atoms with van der Waals surface area (Å²) in [6.07, 6.45) is 0. The maximum Gasteiger partial charge on any atom is 0.0701 e. The van der Waals surface area contributed by atoms with Gasteiger partial charge in [-0.3, -0.25) is 0 Å². The largest absolute Gasteiger partial charge is 0.305 e. The van der Waals surface area contributed by atoms with E-state index in [4.69, 9.17) is 23.2 Å². The van der Waals surface area contributed by atoms with Crippen LogP contribution in [0.15, 0.2) is 34.1 Å². The van der Waals surface area contributed by atoms with E-state index in [-0.39, 0.29) is 6.04 Å². The lowest BCUT2D eigenvalue weighted by atomic mass is 10.1. The zero-order chi connectivity index (χ0) is 13.1. The highest BCUT2D eigenvalue weighted by Gasteiger charge is 2.08. The normalized spacial score (nSPS) is 12.7. The van der Waals surface area contributed by atoms with Gasteiger partial charge in [-0.2, -0.15) is 0 Å². The van der Waals surface area contributed by atoms with Crippen LogP contribution in [0.1, 0.15) is 23.4 Å². The van der Waals surface area contributed by atoms with Crippen molar-refractivity contribution < 1.29 is 0 Å². The van der Waals surface area contributed by atoms with E-state index >= 15 is 0 Å². The quantitative estimate of drug-likeness (QED) is 0.737. The summed E-state index contributed by atoms with van der Waals surface area (Å²) in [4.78, 5) is 1.30. The third-order valence-corrected chi connectivity index (χ3v) is 5.02. The summed E-state index contributed by atoms with van der Waals surface area (Å²) in [6.45, 7) is 2.96. The lowest BCUT2D eigenvalue weighted by Gasteiger charge is -2.14. The Balaban J connectivity index is 1.99. The third kappa shape index (κ3) is 3.72. The first-order valence-corrected chi connectivity index (χ1v) is 7.85. The molecule has 1 aromatic heterocycles. The van der Waals surface area contributed by atoms with Gasteiger partial charge < -0.3 is 5.32 Å². The van der Waals surface area contributed by atoms with Gasteiger partial charge in [-0.05, 0) is 52.7 Å². The fraction of sp³-hybridized carbons (Fsp3) is 0.231. The predicted octanol–water partition coefficient (Wildman–Crippen LogP) is 5.67. The summed E-state index contributed by atoms with van der Waals surface area (Å²) in [5.41, 5.74) is 1.14. The Morgan fingerprint density at radius 3 is 2.61 bits per heavy atom. The molecule has 2 rings (SSSR count). The Labute approximate surface area is 129 Å². The molecular weight excluding hydrogens is 353 g/mol. The van der Waals surface area contributed by atoms with E-state index in [1.165, 1.54) is 4.88 Å². The average Bonchev–Trinajstić information content (AvgIpc) is 2.75. The van der Waals surface area contributed by atoms with E-state index in [2.05, 4.69) is 40.3 Å². The second kappa shape index (κ2) is 6.40. The lowest BCUT2D eigenvalue weighted by molar-refractivity contribution is 0.579. The van der Waals surface area contributed by atoms with Gasteiger partial charge in [0.2, 0.25) is 0 Å². The number of hydrogen-bond acceptors (Lipinski definition) is 2. The van der Waals surface area contributed by atoms with Crippen molar-refractivity contribution in [3.63, 3.8) is 0 Å². The minimum atomic E-state index is 0.237. The molecule has 1 atom stereocenters. The zero-order valence-corrected chi connectivity index (χ0v) is 13.6. The Hall–Kier alpha value is -0.0600. The predicted molar refractivity (Wildman–Crippen MR) is 83.7 cm³/mol. The van der Waals surface area contributed by atoms with Crippen LogP contribution in [0, 0.1) is 0 Å². The Morgan fingerprint density at radius 2 is 2.00 bits per heavy atom. The molecular formula is C13H12BrCl2NS. The van der Waals surface area contributed by atoms with Crippen LogP contribution in [0.5, 0.6) is 0 Å². The molecule has 0 spiro atoms. The first kappa shape index (κ1) is 14.4. The Kier molecular flexibility index (Phi) is 5.10. The van der Waals surface area contributed by atoms with Crippen LogP contribution >= 0.6 is 50.5 Å². The standard InChI is InChI=1S/C13H12BrCl2NS/c1-8(9-2-4-11(15)12(16)6-9)17-7-10-3-5-13(14)18-10/h2-6,8,17H,7H2,1H3. The molecule has 0 fully saturated rings. The van der Waals surface area contributed by atoms with Crippen molar-refractivity contribution in [3.05, 3.63) is 54.6 Å². The molecule has 0 aliphatic heterocycles. The van der Waals surface area contributed by atoms with Crippen LogP contribution in [0.3, 0.4) is 0 Å². The molecule has 1 unspecified atom stereocenters. The SMILES string of the molecule is CC(NCc1ccc(Br)s1)c1ccc(Cl)c(Cl)c1. The summed E-state index contributed by atoms with van der Waals surface area (Å²) >= 11 is 17.1. The highest BCUT2D eigenvalue weighted by molar-refractivity contribution is 9.11. The molecule has 1 aromatic carbocycles. The molecule has 18 heavy (non-hydrogen) atoms. The fourth-order valence-electron chi connectivity index (χ4n) is 1.60. The molecule has 96 valence electrons. The maximum absolute atomic E-state index is 6.01. The number of halogens is 3. The molecule has 0 saturated heterocycles. The van der Waals surface area contributed by atoms with Crippen molar-refractivity contribution in [2.24, 2.45) is 0 Å². The molecule has 0 bridgehead atoms. The third-order valence-electron chi connectivity index (χ3n) is 2.65. The molecule has 5 heteroatoms. The van der Waals surface area contributed by atoms with Gasteiger partial charge in [0.15, 0.2) is 0 Å². The summed E-state index contributed by atoms with van der Waals surface area (Å²) in [6, 6.07) is 10.1. The van der Waals surface area contributed by atoms with Gasteiger partial charge in [-0.15, -0.1) is 11.3 Å². The highest BCUT2D eigenvalue weighted by atomic mass is 79.9. The molecule has 0 aliphatic carbocycles. The number of rotatable bonds is 4. The molecule has 1 nitrogen and oxygen atoms in total. The van der Waals surface area contributed by atoms with Gasteiger partial charge in [0.05, 0.1) is 13.8 Å². The maximum atomic E-state index is 6.01. The van der Waals surface area contributed by atoms with Crippen molar-refractivity contribution in [1.29, 1.82) is 0 Å². The van der Waals surface area contributed by atoms with Gasteiger partial charge in [0, 0.05) is 17.5 Å². The van der Waals surface area contributed by atoms with Crippen molar-refractivity contribution in [2.75, 3.05) is 0 Å². The smallest absolute Gasteiger partial charge is 0.0701 e. The summed E-state index contributed by atoms with van der Waals surface area (Å²) < 4.78 is 1.15. The molecule has 0 radical (unpaired) electrons. The molecule has 1 heterocycles. The van der Waals surface area contributed by atoms with E-state index < -0.39 is 0 Å². The van der Waals surface area contributed by atoms with Crippen LogP contribution in [0.2, 0.25) is 10.0 Å². The monoisotopic (exact) mass is 363 g/mol.